The molecular formula is C11H17ClN2OS. The Balaban J connectivity index is 1.97. The largest absolute Gasteiger partial charge is 0.376 e. The minimum absolute atomic E-state index is 0.378. The Morgan fingerprint density at radius 2 is 2.56 bits per heavy atom. The molecule has 1 aromatic heterocycles. The van der Waals surface area contributed by atoms with Crippen LogP contribution in [0, 0.1) is 0 Å². The molecule has 2 rings (SSSR count). The number of aromatic nitrogens is 1. The van der Waals surface area contributed by atoms with Crippen molar-refractivity contribution in [2.75, 3.05) is 24.6 Å². The van der Waals surface area contributed by atoms with Crippen LogP contribution in [-0.4, -0.2) is 30.8 Å². The molecule has 0 radical (unpaired) electrons. The first-order chi connectivity index (χ1) is 7.83. The van der Waals surface area contributed by atoms with Gasteiger partial charge in [0, 0.05) is 25.1 Å². The second-order valence-corrected chi connectivity index (χ2v) is 5.03. The van der Waals surface area contributed by atoms with E-state index in [4.69, 9.17) is 16.3 Å². The molecule has 0 N–H and O–H groups in total. The molecular weight excluding hydrogens is 244 g/mol. The summed E-state index contributed by atoms with van der Waals surface area (Å²) in [7, 11) is 0. The highest BCUT2D eigenvalue weighted by Gasteiger charge is 2.20. The molecule has 16 heavy (non-hydrogen) atoms. The van der Waals surface area contributed by atoms with Crippen LogP contribution in [0.4, 0.5) is 5.13 Å². The minimum Gasteiger partial charge on any atom is -0.376 e. The van der Waals surface area contributed by atoms with Crippen LogP contribution < -0.4 is 4.90 Å². The van der Waals surface area contributed by atoms with Crippen molar-refractivity contribution in [1.29, 1.82) is 0 Å². The van der Waals surface area contributed by atoms with Crippen molar-refractivity contribution in [2.24, 2.45) is 0 Å². The van der Waals surface area contributed by atoms with E-state index < -0.39 is 0 Å². The zero-order valence-electron chi connectivity index (χ0n) is 9.49. The molecule has 1 aliphatic heterocycles. The Hall–Kier alpha value is -0.320. The van der Waals surface area contributed by atoms with Crippen molar-refractivity contribution in [1.82, 2.24) is 4.98 Å². The van der Waals surface area contributed by atoms with Crippen LogP contribution in [0.15, 0.2) is 5.38 Å². The molecule has 0 spiro atoms. The van der Waals surface area contributed by atoms with Gasteiger partial charge in [-0.2, -0.15) is 0 Å². The Morgan fingerprint density at radius 1 is 1.69 bits per heavy atom. The number of hydrogen-bond acceptors (Lipinski definition) is 4. The third kappa shape index (κ3) is 2.87. The molecule has 0 amide bonds. The first-order valence-electron chi connectivity index (χ1n) is 5.70. The van der Waals surface area contributed by atoms with E-state index in [1.54, 1.807) is 11.3 Å². The van der Waals surface area contributed by atoms with E-state index in [-0.39, 0.29) is 0 Å². The lowest BCUT2D eigenvalue weighted by atomic mass is 10.2. The van der Waals surface area contributed by atoms with Gasteiger partial charge in [-0.05, 0) is 19.8 Å². The van der Waals surface area contributed by atoms with Gasteiger partial charge in [0.1, 0.15) is 0 Å². The van der Waals surface area contributed by atoms with E-state index in [1.165, 1.54) is 12.8 Å². The van der Waals surface area contributed by atoms with Crippen molar-refractivity contribution in [2.45, 2.75) is 31.7 Å². The van der Waals surface area contributed by atoms with Crippen LogP contribution in [0.3, 0.4) is 0 Å². The van der Waals surface area contributed by atoms with E-state index in [1.807, 2.05) is 5.38 Å². The van der Waals surface area contributed by atoms with Crippen LogP contribution in [0.1, 0.15) is 25.5 Å². The predicted octanol–water partition coefficient (Wildman–Crippen LogP) is 2.89. The second kappa shape index (κ2) is 5.84. The lowest BCUT2D eigenvalue weighted by Gasteiger charge is -2.23. The summed E-state index contributed by atoms with van der Waals surface area (Å²) < 4.78 is 5.65. The standard InChI is InChI=1S/C11H17ClN2OS/c1-2-14(7-10-4-3-5-15-10)11-13-9(6-12)8-16-11/h8,10H,2-7H2,1H3. The predicted molar refractivity (Wildman–Crippen MR) is 68.5 cm³/mol. The van der Waals surface area contributed by atoms with Gasteiger partial charge in [0.2, 0.25) is 0 Å². The van der Waals surface area contributed by atoms with Gasteiger partial charge in [0.15, 0.2) is 5.13 Å². The van der Waals surface area contributed by atoms with Gasteiger partial charge in [0.25, 0.3) is 0 Å². The van der Waals surface area contributed by atoms with Gasteiger partial charge in [-0.1, -0.05) is 0 Å². The second-order valence-electron chi connectivity index (χ2n) is 3.93. The van der Waals surface area contributed by atoms with Gasteiger partial charge < -0.3 is 9.64 Å². The maximum atomic E-state index is 5.76. The van der Waals surface area contributed by atoms with Crippen LogP contribution in [0.5, 0.6) is 0 Å². The van der Waals surface area contributed by atoms with Crippen molar-refractivity contribution in [3.8, 4) is 0 Å². The molecule has 90 valence electrons. The Morgan fingerprint density at radius 3 is 3.12 bits per heavy atom. The molecule has 0 saturated carbocycles. The Labute approximate surface area is 105 Å². The minimum atomic E-state index is 0.378. The van der Waals surface area contributed by atoms with E-state index in [9.17, 15) is 0 Å². The summed E-state index contributed by atoms with van der Waals surface area (Å²) in [6.45, 7) is 4.98. The smallest absolute Gasteiger partial charge is 0.185 e. The number of thiazole rings is 1. The van der Waals surface area contributed by atoms with Crippen molar-refractivity contribution in [3.63, 3.8) is 0 Å². The normalized spacial score (nSPS) is 20.2. The van der Waals surface area contributed by atoms with Gasteiger partial charge in [-0.15, -0.1) is 22.9 Å². The number of alkyl halides is 1. The fraction of sp³-hybridized carbons (Fsp3) is 0.727. The number of ether oxygens (including phenoxy) is 1. The third-order valence-electron chi connectivity index (χ3n) is 2.78. The lowest BCUT2D eigenvalue weighted by Crippen LogP contribution is -2.31. The van der Waals surface area contributed by atoms with Gasteiger partial charge in [-0.3, -0.25) is 0 Å². The summed E-state index contributed by atoms with van der Waals surface area (Å²) in [5.41, 5.74) is 0.965. The molecule has 2 heterocycles. The first kappa shape index (κ1) is 12.1. The van der Waals surface area contributed by atoms with E-state index in [2.05, 4.69) is 16.8 Å². The van der Waals surface area contributed by atoms with Crippen LogP contribution in [-0.2, 0) is 10.6 Å². The fourth-order valence-electron chi connectivity index (χ4n) is 1.88. The van der Waals surface area contributed by atoms with E-state index >= 15 is 0 Å². The van der Waals surface area contributed by atoms with Crippen molar-refractivity contribution < 1.29 is 4.74 Å². The summed E-state index contributed by atoms with van der Waals surface area (Å²) in [5.74, 6) is 0.494. The molecule has 1 fully saturated rings. The fourth-order valence-corrected chi connectivity index (χ4v) is 3.01. The highest BCUT2D eigenvalue weighted by molar-refractivity contribution is 7.13. The molecule has 1 atom stereocenters. The van der Waals surface area contributed by atoms with Crippen molar-refractivity contribution >= 4 is 28.1 Å². The molecule has 1 aliphatic rings. The zero-order valence-corrected chi connectivity index (χ0v) is 11.1. The maximum absolute atomic E-state index is 5.76. The van der Waals surface area contributed by atoms with Crippen LogP contribution in [0.25, 0.3) is 0 Å². The van der Waals surface area contributed by atoms with E-state index in [0.717, 1.165) is 30.5 Å². The summed E-state index contributed by atoms with van der Waals surface area (Å²) in [5, 5.41) is 3.09. The maximum Gasteiger partial charge on any atom is 0.185 e. The molecule has 1 saturated heterocycles. The van der Waals surface area contributed by atoms with Gasteiger partial charge in [0.05, 0.1) is 17.7 Å². The van der Waals surface area contributed by atoms with E-state index in [0.29, 0.717) is 12.0 Å². The van der Waals surface area contributed by atoms with Gasteiger partial charge in [-0.25, -0.2) is 4.98 Å². The molecule has 5 heteroatoms. The summed E-state index contributed by atoms with van der Waals surface area (Å²) in [4.78, 5) is 6.77. The molecule has 1 aromatic rings. The molecule has 0 aromatic carbocycles. The Kier molecular flexibility index (Phi) is 4.44. The molecule has 0 aliphatic carbocycles. The van der Waals surface area contributed by atoms with Crippen LogP contribution in [0.2, 0.25) is 0 Å². The quantitative estimate of drug-likeness (QED) is 0.762. The average molecular weight is 261 g/mol. The number of anilines is 1. The summed E-state index contributed by atoms with van der Waals surface area (Å²) in [6.07, 6.45) is 2.74. The highest BCUT2D eigenvalue weighted by Crippen LogP contribution is 2.23. The zero-order chi connectivity index (χ0) is 11.4. The molecule has 1 unspecified atom stereocenters. The number of rotatable bonds is 5. The average Bonchev–Trinajstić information content (AvgIpc) is 2.96. The third-order valence-corrected chi connectivity index (χ3v) is 4.00. The van der Waals surface area contributed by atoms with Crippen LogP contribution >= 0.6 is 22.9 Å². The number of nitrogens with zero attached hydrogens (tertiary/aromatic N) is 2. The number of hydrogen-bond donors (Lipinski definition) is 0. The Bertz CT molecular complexity index is 326. The first-order valence-corrected chi connectivity index (χ1v) is 7.11. The molecule has 0 bridgehead atoms. The van der Waals surface area contributed by atoms with Crippen molar-refractivity contribution in [3.05, 3.63) is 11.1 Å². The highest BCUT2D eigenvalue weighted by atomic mass is 35.5. The monoisotopic (exact) mass is 260 g/mol. The summed E-state index contributed by atoms with van der Waals surface area (Å²) in [6, 6.07) is 0. The number of likely N-dealkylation sites (N-methyl/N-ethyl adjacent to an activating group) is 1. The number of halogens is 1. The summed E-state index contributed by atoms with van der Waals surface area (Å²) >= 11 is 7.42. The molecule has 3 nitrogen and oxygen atoms in total. The topological polar surface area (TPSA) is 25.4 Å². The van der Waals surface area contributed by atoms with Gasteiger partial charge >= 0.3 is 0 Å². The SMILES string of the molecule is CCN(CC1CCCO1)c1nc(CCl)cs1. The lowest BCUT2D eigenvalue weighted by molar-refractivity contribution is 0.115.